The molecule has 0 bridgehead atoms. The predicted molar refractivity (Wildman–Crippen MR) is 72.6 cm³/mol. The number of rotatable bonds is 5. The number of amides is 1. The topological polar surface area (TPSA) is 57.8 Å². The first-order chi connectivity index (χ1) is 10.1. The first kappa shape index (κ1) is 13.7. The van der Waals surface area contributed by atoms with Gasteiger partial charge in [0.15, 0.2) is 0 Å². The maximum Gasteiger partial charge on any atom is 0.226 e. The van der Waals surface area contributed by atoms with Crippen molar-refractivity contribution in [3.05, 3.63) is 53.4 Å². The average Bonchev–Trinajstić information content (AvgIpc) is 3.05. The number of aromatic amines is 1. The van der Waals surface area contributed by atoms with Gasteiger partial charge in [-0.2, -0.15) is 5.10 Å². The summed E-state index contributed by atoms with van der Waals surface area (Å²) in [5.41, 5.74) is 0.817. The molecule has 1 heterocycles. The Morgan fingerprint density at radius 2 is 2.14 bits per heavy atom. The molecule has 110 valence electrons. The van der Waals surface area contributed by atoms with Crippen LogP contribution in [0.2, 0.25) is 0 Å². The number of hydrogen-bond donors (Lipinski definition) is 2. The van der Waals surface area contributed by atoms with Crippen molar-refractivity contribution in [1.82, 2.24) is 15.5 Å². The molecule has 21 heavy (non-hydrogen) atoms. The van der Waals surface area contributed by atoms with Crippen LogP contribution in [0.1, 0.15) is 24.1 Å². The SMILES string of the molecule is O=C(Cc1ccn[nH]1)NCC1(c2ccc(F)cc2F)CC1. The van der Waals surface area contributed by atoms with E-state index in [-0.39, 0.29) is 17.7 Å². The van der Waals surface area contributed by atoms with E-state index in [1.807, 2.05) is 0 Å². The minimum absolute atomic E-state index is 0.145. The molecule has 0 spiro atoms. The molecule has 2 N–H and O–H groups in total. The van der Waals surface area contributed by atoms with E-state index in [9.17, 15) is 13.6 Å². The zero-order chi connectivity index (χ0) is 14.9. The number of H-pyrrole nitrogens is 1. The predicted octanol–water partition coefficient (Wildman–Crippen LogP) is 2.08. The van der Waals surface area contributed by atoms with Crippen LogP contribution >= 0.6 is 0 Å². The Labute approximate surface area is 120 Å². The van der Waals surface area contributed by atoms with E-state index in [2.05, 4.69) is 15.5 Å². The van der Waals surface area contributed by atoms with Crippen molar-refractivity contribution in [3.63, 3.8) is 0 Å². The lowest BCUT2D eigenvalue weighted by atomic mass is 9.95. The van der Waals surface area contributed by atoms with Crippen molar-refractivity contribution in [1.29, 1.82) is 0 Å². The van der Waals surface area contributed by atoms with Gasteiger partial charge in [0.1, 0.15) is 11.6 Å². The molecule has 1 aromatic carbocycles. The molecular weight excluding hydrogens is 276 g/mol. The summed E-state index contributed by atoms with van der Waals surface area (Å²) in [6.45, 7) is 0.364. The van der Waals surface area contributed by atoms with Gasteiger partial charge >= 0.3 is 0 Å². The van der Waals surface area contributed by atoms with Crippen LogP contribution in [0.25, 0.3) is 0 Å². The number of aromatic nitrogens is 2. The Morgan fingerprint density at radius 3 is 2.76 bits per heavy atom. The van der Waals surface area contributed by atoms with Gasteiger partial charge in [0.05, 0.1) is 6.42 Å². The van der Waals surface area contributed by atoms with E-state index in [0.29, 0.717) is 12.1 Å². The Balaban J connectivity index is 1.63. The lowest BCUT2D eigenvalue weighted by Crippen LogP contribution is -2.33. The number of nitrogens with one attached hydrogen (secondary N) is 2. The Morgan fingerprint density at radius 1 is 1.33 bits per heavy atom. The lowest BCUT2D eigenvalue weighted by Gasteiger charge is -2.17. The summed E-state index contributed by atoms with van der Waals surface area (Å²) in [6.07, 6.45) is 3.38. The number of hydrogen-bond acceptors (Lipinski definition) is 2. The zero-order valence-electron chi connectivity index (χ0n) is 11.3. The average molecular weight is 291 g/mol. The van der Waals surface area contributed by atoms with Gasteiger partial charge in [-0.15, -0.1) is 0 Å². The quantitative estimate of drug-likeness (QED) is 0.886. The fraction of sp³-hybridized carbons (Fsp3) is 0.333. The molecule has 0 aliphatic heterocycles. The minimum Gasteiger partial charge on any atom is -0.355 e. The molecule has 1 amide bonds. The second kappa shape index (κ2) is 5.27. The number of benzene rings is 1. The smallest absolute Gasteiger partial charge is 0.226 e. The van der Waals surface area contributed by atoms with Gasteiger partial charge in [-0.1, -0.05) is 6.07 Å². The van der Waals surface area contributed by atoms with Gasteiger partial charge in [-0.05, 0) is 30.5 Å². The van der Waals surface area contributed by atoms with Crippen molar-refractivity contribution in [2.75, 3.05) is 6.54 Å². The Kier molecular flexibility index (Phi) is 3.45. The number of nitrogens with zero attached hydrogens (tertiary/aromatic N) is 1. The summed E-state index contributed by atoms with van der Waals surface area (Å²) in [4.78, 5) is 11.8. The Bertz CT molecular complexity index is 651. The van der Waals surface area contributed by atoms with Crippen LogP contribution in [-0.4, -0.2) is 22.6 Å². The van der Waals surface area contributed by atoms with Crippen molar-refractivity contribution in [3.8, 4) is 0 Å². The van der Waals surface area contributed by atoms with Gasteiger partial charge in [0, 0.05) is 29.9 Å². The molecule has 6 heteroatoms. The number of carbonyl (C=O) groups excluding carboxylic acids is 1. The molecule has 2 aromatic rings. The van der Waals surface area contributed by atoms with Gasteiger partial charge in [0.25, 0.3) is 0 Å². The van der Waals surface area contributed by atoms with Gasteiger partial charge in [0.2, 0.25) is 5.91 Å². The largest absolute Gasteiger partial charge is 0.355 e. The van der Waals surface area contributed by atoms with Crippen LogP contribution in [0.15, 0.2) is 30.5 Å². The molecule has 0 atom stereocenters. The van der Waals surface area contributed by atoms with Crippen molar-refractivity contribution in [2.45, 2.75) is 24.7 Å². The van der Waals surface area contributed by atoms with Crippen LogP contribution < -0.4 is 5.32 Å². The van der Waals surface area contributed by atoms with Crippen LogP contribution in [0, 0.1) is 11.6 Å². The van der Waals surface area contributed by atoms with E-state index >= 15 is 0 Å². The van der Waals surface area contributed by atoms with Crippen LogP contribution in [0.3, 0.4) is 0 Å². The summed E-state index contributed by atoms with van der Waals surface area (Å²) < 4.78 is 26.8. The molecule has 3 rings (SSSR count). The van der Waals surface area contributed by atoms with Gasteiger partial charge < -0.3 is 5.32 Å². The van der Waals surface area contributed by atoms with Crippen molar-refractivity contribution >= 4 is 5.91 Å². The fourth-order valence-corrected chi connectivity index (χ4v) is 2.50. The summed E-state index contributed by atoms with van der Waals surface area (Å²) in [5, 5.41) is 9.31. The van der Waals surface area contributed by atoms with E-state index < -0.39 is 11.6 Å². The molecule has 0 unspecified atom stereocenters. The molecule has 0 radical (unpaired) electrons. The highest BCUT2D eigenvalue weighted by Gasteiger charge is 2.46. The van der Waals surface area contributed by atoms with E-state index in [1.165, 1.54) is 12.1 Å². The fourth-order valence-electron chi connectivity index (χ4n) is 2.50. The van der Waals surface area contributed by atoms with Crippen LogP contribution in [0.5, 0.6) is 0 Å². The third-order valence-electron chi connectivity index (χ3n) is 3.89. The molecule has 0 saturated heterocycles. The molecule has 1 saturated carbocycles. The van der Waals surface area contributed by atoms with Gasteiger partial charge in [-0.3, -0.25) is 9.89 Å². The summed E-state index contributed by atoms with van der Waals surface area (Å²) in [7, 11) is 0. The summed E-state index contributed by atoms with van der Waals surface area (Å²) in [6, 6.07) is 5.34. The van der Waals surface area contributed by atoms with Crippen LogP contribution in [-0.2, 0) is 16.6 Å². The third-order valence-corrected chi connectivity index (χ3v) is 3.89. The summed E-state index contributed by atoms with van der Waals surface area (Å²) in [5.74, 6) is -1.28. The first-order valence-corrected chi connectivity index (χ1v) is 6.80. The monoisotopic (exact) mass is 291 g/mol. The summed E-state index contributed by atoms with van der Waals surface area (Å²) >= 11 is 0. The molecule has 1 aliphatic carbocycles. The van der Waals surface area contributed by atoms with Crippen LogP contribution in [0.4, 0.5) is 8.78 Å². The molecule has 4 nitrogen and oxygen atoms in total. The second-order valence-electron chi connectivity index (χ2n) is 5.44. The normalized spacial score (nSPS) is 15.7. The second-order valence-corrected chi connectivity index (χ2v) is 5.44. The molecule has 1 aliphatic rings. The first-order valence-electron chi connectivity index (χ1n) is 6.80. The molecular formula is C15H15F2N3O. The van der Waals surface area contributed by atoms with Crippen molar-refractivity contribution in [2.24, 2.45) is 0 Å². The molecule has 1 aromatic heterocycles. The highest BCUT2D eigenvalue weighted by molar-refractivity contribution is 5.78. The van der Waals surface area contributed by atoms with E-state index in [0.717, 1.165) is 24.6 Å². The van der Waals surface area contributed by atoms with Gasteiger partial charge in [-0.25, -0.2) is 8.78 Å². The third kappa shape index (κ3) is 2.94. The highest BCUT2D eigenvalue weighted by atomic mass is 19.1. The highest BCUT2D eigenvalue weighted by Crippen LogP contribution is 2.48. The minimum atomic E-state index is -0.588. The zero-order valence-corrected chi connectivity index (χ0v) is 11.3. The van der Waals surface area contributed by atoms with E-state index in [1.54, 1.807) is 12.3 Å². The number of halogens is 2. The maximum atomic E-state index is 13.8. The lowest BCUT2D eigenvalue weighted by molar-refractivity contribution is -0.120. The van der Waals surface area contributed by atoms with E-state index in [4.69, 9.17) is 0 Å². The standard InChI is InChI=1S/C15H15F2N3O/c16-10-1-2-12(13(17)7-10)15(4-5-15)9-18-14(21)8-11-3-6-19-20-11/h1-3,6-7H,4-5,8-9H2,(H,18,21)(H,19,20). The Hall–Kier alpha value is -2.24. The number of carbonyl (C=O) groups is 1. The maximum absolute atomic E-state index is 13.8. The van der Waals surface area contributed by atoms with Crippen molar-refractivity contribution < 1.29 is 13.6 Å². The molecule has 1 fully saturated rings.